The lowest BCUT2D eigenvalue weighted by atomic mass is 10.1. The van der Waals surface area contributed by atoms with E-state index in [1.807, 2.05) is 0 Å². The first-order valence-electron chi connectivity index (χ1n) is 9.14. The summed E-state index contributed by atoms with van der Waals surface area (Å²) in [4.78, 5) is 26.8. The molecule has 150 valence electrons. The summed E-state index contributed by atoms with van der Waals surface area (Å²) in [7, 11) is 1.58. The van der Waals surface area contributed by atoms with E-state index < -0.39 is 5.91 Å². The topological polar surface area (TPSA) is 96.7 Å². The monoisotopic (exact) mass is 406 g/mol. The van der Waals surface area contributed by atoms with Gasteiger partial charge in [-0.25, -0.2) is 0 Å². The van der Waals surface area contributed by atoms with Gasteiger partial charge >= 0.3 is 0 Å². The van der Waals surface area contributed by atoms with Crippen LogP contribution in [0.25, 0.3) is 11.3 Å². The molecule has 3 rings (SSSR count). The molecule has 1 aromatic heterocycles. The van der Waals surface area contributed by atoms with Crippen molar-refractivity contribution in [2.24, 2.45) is 0 Å². The van der Waals surface area contributed by atoms with Crippen LogP contribution in [0.2, 0.25) is 5.02 Å². The number of carbonyl (C=O) groups is 2. The van der Waals surface area contributed by atoms with E-state index in [-0.39, 0.29) is 18.0 Å². The molecule has 1 aromatic carbocycles. The van der Waals surface area contributed by atoms with E-state index >= 15 is 0 Å². The van der Waals surface area contributed by atoms with Crippen molar-refractivity contribution in [2.45, 2.75) is 12.8 Å². The smallest absolute Gasteiger partial charge is 0.259 e. The molecular formula is C19H23ClN4O4. The summed E-state index contributed by atoms with van der Waals surface area (Å²) >= 11 is 5.94. The number of hydrogen-bond acceptors (Lipinski definition) is 6. The molecule has 0 saturated carbocycles. The number of nitrogens with zero attached hydrogens (tertiary/aromatic N) is 2. The van der Waals surface area contributed by atoms with E-state index in [2.05, 4.69) is 15.8 Å². The molecule has 2 N–H and O–H groups in total. The fraction of sp³-hybridized carbons (Fsp3) is 0.421. The average Bonchev–Trinajstić information content (AvgIpc) is 3.37. The van der Waals surface area contributed by atoms with E-state index in [9.17, 15) is 9.59 Å². The van der Waals surface area contributed by atoms with Gasteiger partial charge in [0.25, 0.3) is 5.91 Å². The molecule has 0 atom stereocenters. The number of anilines is 1. The maximum absolute atomic E-state index is 12.9. The molecule has 28 heavy (non-hydrogen) atoms. The molecule has 2 aromatic rings. The largest absolute Gasteiger partial charge is 0.383 e. The number of likely N-dealkylation sites (tertiary alicyclic amines) is 1. The van der Waals surface area contributed by atoms with Gasteiger partial charge in [-0.15, -0.1) is 0 Å². The molecular weight excluding hydrogens is 384 g/mol. The van der Waals surface area contributed by atoms with Crippen molar-refractivity contribution in [1.29, 1.82) is 0 Å². The van der Waals surface area contributed by atoms with Gasteiger partial charge in [0, 0.05) is 37.3 Å². The second-order valence-electron chi connectivity index (χ2n) is 6.43. The number of methoxy groups -OCH3 is 1. The predicted molar refractivity (Wildman–Crippen MR) is 105 cm³/mol. The van der Waals surface area contributed by atoms with Crippen LogP contribution in [0.3, 0.4) is 0 Å². The lowest BCUT2D eigenvalue weighted by molar-refractivity contribution is -0.129. The quantitative estimate of drug-likeness (QED) is 0.653. The molecule has 2 heterocycles. The van der Waals surface area contributed by atoms with Crippen LogP contribution in [0.15, 0.2) is 28.8 Å². The lowest BCUT2D eigenvalue weighted by Crippen LogP contribution is -2.38. The Labute approximate surface area is 168 Å². The molecule has 8 nitrogen and oxygen atoms in total. The fourth-order valence-corrected chi connectivity index (χ4v) is 3.14. The summed E-state index contributed by atoms with van der Waals surface area (Å²) in [5, 5.41) is 10.3. The number of ether oxygens (including phenoxy) is 1. The van der Waals surface area contributed by atoms with Crippen LogP contribution in [-0.2, 0) is 9.53 Å². The molecule has 0 unspecified atom stereocenters. The Hall–Kier alpha value is -2.58. The SMILES string of the molecule is COCCNc1noc(-c2ccc(Cl)cc2)c1C(=O)NCC(=O)N1CCCC1. The number of amides is 2. The summed E-state index contributed by atoms with van der Waals surface area (Å²) in [6.07, 6.45) is 2.00. The van der Waals surface area contributed by atoms with Crippen LogP contribution >= 0.6 is 11.6 Å². The van der Waals surface area contributed by atoms with Gasteiger partial charge in [-0.2, -0.15) is 0 Å². The minimum Gasteiger partial charge on any atom is -0.383 e. The number of rotatable bonds is 8. The first kappa shape index (κ1) is 20.2. The van der Waals surface area contributed by atoms with Gasteiger partial charge in [0.1, 0.15) is 5.56 Å². The maximum atomic E-state index is 12.9. The number of benzene rings is 1. The molecule has 1 aliphatic heterocycles. The van der Waals surface area contributed by atoms with Gasteiger partial charge in [-0.05, 0) is 37.1 Å². The molecule has 1 fully saturated rings. The highest BCUT2D eigenvalue weighted by molar-refractivity contribution is 6.30. The van der Waals surface area contributed by atoms with Crippen LogP contribution < -0.4 is 10.6 Å². The predicted octanol–water partition coefficient (Wildman–Crippen LogP) is 2.41. The molecule has 0 spiro atoms. The van der Waals surface area contributed by atoms with E-state index in [4.69, 9.17) is 20.9 Å². The Morgan fingerprint density at radius 3 is 2.64 bits per heavy atom. The molecule has 9 heteroatoms. The fourth-order valence-electron chi connectivity index (χ4n) is 3.01. The summed E-state index contributed by atoms with van der Waals surface area (Å²) in [6, 6.07) is 6.90. The third-order valence-electron chi connectivity index (χ3n) is 4.48. The Balaban J connectivity index is 1.78. The zero-order chi connectivity index (χ0) is 19.9. The minimum absolute atomic E-state index is 0.0679. The number of nitrogens with one attached hydrogen (secondary N) is 2. The van der Waals surface area contributed by atoms with Crippen molar-refractivity contribution in [3.8, 4) is 11.3 Å². The van der Waals surface area contributed by atoms with Crippen LogP contribution in [0.5, 0.6) is 0 Å². The van der Waals surface area contributed by atoms with E-state index in [1.165, 1.54) is 0 Å². The Kier molecular flexibility index (Phi) is 6.89. The maximum Gasteiger partial charge on any atom is 0.259 e. The molecule has 0 radical (unpaired) electrons. The zero-order valence-electron chi connectivity index (χ0n) is 15.7. The number of aromatic nitrogens is 1. The third-order valence-corrected chi connectivity index (χ3v) is 4.74. The van der Waals surface area contributed by atoms with Crippen molar-refractivity contribution in [2.75, 3.05) is 45.2 Å². The van der Waals surface area contributed by atoms with E-state index in [0.29, 0.717) is 35.3 Å². The van der Waals surface area contributed by atoms with E-state index in [0.717, 1.165) is 25.9 Å². The second-order valence-corrected chi connectivity index (χ2v) is 6.87. The molecule has 0 aliphatic carbocycles. The third kappa shape index (κ3) is 4.82. The summed E-state index contributed by atoms with van der Waals surface area (Å²) in [6.45, 7) is 2.30. The Morgan fingerprint density at radius 2 is 1.96 bits per heavy atom. The summed E-state index contributed by atoms with van der Waals surface area (Å²) in [5.41, 5.74) is 0.903. The zero-order valence-corrected chi connectivity index (χ0v) is 16.4. The van der Waals surface area contributed by atoms with Gasteiger partial charge in [-0.1, -0.05) is 16.8 Å². The number of carbonyl (C=O) groups excluding carboxylic acids is 2. The normalized spacial score (nSPS) is 13.6. The van der Waals surface area contributed by atoms with Crippen molar-refractivity contribution in [1.82, 2.24) is 15.4 Å². The van der Waals surface area contributed by atoms with Gasteiger partial charge < -0.3 is 24.8 Å². The van der Waals surface area contributed by atoms with Crippen molar-refractivity contribution < 1.29 is 18.8 Å². The van der Waals surface area contributed by atoms with Crippen LogP contribution in [0.1, 0.15) is 23.2 Å². The van der Waals surface area contributed by atoms with Crippen LogP contribution in [-0.4, -0.2) is 61.8 Å². The molecule has 1 saturated heterocycles. The average molecular weight is 407 g/mol. The summed E-state index contributed by atoms with van der Waals surface area (Å²) < 4.78 is 10.4. The van der Waals surface area contributed by atoms with Gasteiger partial charge in [0.05, 0.1) is 13.2 Å². The highest BCUT2D eigenvalue weighted by atomic mass is 35.5. The van der Waals surface area contributed by atoms with Gasteiger partial charge in [0.15, 0.2) is 11.6 Å². The highest BCUT2D eigenvalue weighted by Gasteiger charge is 2.25. The number of hydrogen-bond donors (Lipinski definition) is 2. The number of halogens is 1. The highest BCUT2D eigenvalue weighted by Crippen LogP contribution is 2.30. The van der Waals surface area contributed by atoms with Gasteiger partial charge in [-0.3, -0.25) is 9.59 Å². The lowest BCUT2D eigenvalue weighted by Gasteiger charge is -2.15. The van der Waals surface area contributed by atoms with Crippen molar-refractivity contribution in [3.63, 3.8) is 0 Å². The van der Waals surface area contributed by atoms with Gasteiger partial charge in [0.2, 0.25) is 5.91 Å². The Bertz CT molecular complexity index is 816. The first-order valence-corrected chi connectivity index (χ1v) is 9.52. The standard InChI is InChI=1S/C19H23ClN4O4/c1-27-11-8-21-18-16(17(28-23-18)13-4-6-14(20)7-5-13)19(26)22-12-15(25)24-9-2-3-10-24/h4-7H,2-3,8-12H2,1H3,(H,21,23)(H,22,26). The molecule has 1 aliphatic rings. The Morgan fingerprint density at radius 1 is 1.25 bits per heavy atom. The first-order chi connectivity index (χ1) is 13.6. The summed E-state index contributed by atoms with van der Waals surface area (Å²) in [5.74, 6) is 0.0822. The van der Waals surface area contributed by atoms with Crippen LogP contribution in [0, 0.1) is 0 Å². The second kappa shape index (κ2) is 9.57. The minimum atomic E-state index is -0.432. The van der Waals surface area contributed by atoms with Crippen molar-refractivity contribution in [3.05, 3.63) is 34.9 Å². The molecule has 0 bridgehead atoms. The molecule has 2 amide bonds. The van der Waals surface area contributed by atoms with Crippen LogP contribution in [0.4, 0.5) is 5.82 Å². The van der Waals surface area contributed by atoms with Crippen molar-refractivity contribution >= 4 is 29.2 Å². The van der Waals surface area contributed by atoms with E-state index in [1.54, 1.807) is 36.3 Å².